The Balaban J connectivity index is 3.35. The third kappa shape index (κ3) is 4.48. The van der Waals surface area contributed by atoms with Gasteiger partial charge in [-0.25, -0.2) is 0 Å². The van der Waals surface area contributed by atoms with Crippen LogP contribution in [0.1, 0.15) is 5.56 Å². The smallest absolute Gasteiger partial charge is 0.321 e. The first-order valence-corrected chi connectivity index (χ1v) is 8.22. The molecule has 0 heterocycles. The molecule has 0 saturated carbocycles. The van der Waals surface area contributed by atoms with Crippen molar-refractivity contribution < 1.29 is 28.7 Å². The predicted octanol–water partition coefficient (Wildman–Crippen LogP) is 2.10. The molecule has 4 N–H and O–H groups in total. The SMILES string of the molecule is O=P(O)(O)C(=Cc1cccc(Br)c1)P(=O)(O)O. The van der Waals surface area contributed by atoms with E-state index in [2.05, 4.69) is 15.9 Å². The Labute approximate surface area is 105 Å². The third-order valence-corrected chi connectivity index (χ3v) is 5.25. The molecule has 1 aromatic rings. The van der Waals surface area contributed by atoms with Gasteiger partial charge in [0.2, 0.25) is 0 Å². The maximum atomic E-state index is 11.0. The maximum absolute atomic E-state index is 11.0. The van der Waals surface area contributed by atoms with Crippen molar-refractivity contribution >= 4 is 37.2 Å². The zero-order valence-electron chi connectivity index (χ0n) is 8.26. The van der Waals surface area contributed by atoms with Crippen molar-refractivity contribution in [2.24, 2.45) is 0 Å². The van der Waals surface area contributed by atoms with E-state index in [1.807, 2.05) is 0 Å². The Morgan fingerprint density at radius 3 is 2.06 bits per heavy atom. The molecule has 0 aliphatic carbocycles. The van der Waals surface area contributed by atoms with Gasteiger partial charge in [0.1, 0.15) is 0 Å². The molecule has 0 radical (unpaired) electrons. The summed E-state index contributed by atoms with van der Waals surface area (Å²) in [5, 5.41) is -1.19. The third-order valence-electron chi connectivity index (χ3n) is 1.74. The molecule has 0 aliphatic heterocycles. The first kappa shape index (κ1) is 14.8. The highest BCUT2D eigenvalue weighted by Crippen LogP contribution is 2.64. The van der Waals surface area contributed by atoms with Crippen molar-refractivity contribution in [3.63, 3.8) is 0 Å². The normalized spacial score (nSPS) is 12.3. The summed E-state index contributed by atoms with van der Waals surface area (Å²) in [6.45, 7) is 0. The molecule has 1 aromatic carbocycles. The minimum absolute atomic E-state index is 0.279. The van der Waals surface area contributed by atoms with Crippen molar-refractivity contribution in [3.05, 3.63) is 39.4 Å². The molecule has 0 saturated heterocycles. The van der Waals surface area contributed by atoms with Crippen molar-refractivity contribution in [2.45, 2.75) is 0 Å². The van der Waals surface area contributed by atoms with Crippen LogP contribution in [-0.4, -0.2) is 19.6 Å². The minimum Gasteiger partial charge on any atom is -0.321 e. The Morgan fingerprint density at radius 1 is 1.12 bits per heavy atom. The molecule has 0 unspecified atom stereocenters. The zero-order valence-corrected chi connectivity index (χ0v) is 11.6. The van der Waals surface area contributed by atoms with E-state index in [1.54, 1.807) is 12.1 Å². The Hall–Kier alpha value is -0.260. The Morgan fingerprint density at radius 2 is 1.65 bits per heavy atom. The molecular weight excluding hydrogens is 334 g/mol. The summed E-state index contributed by atoms with van der Waals surface area (Å²) in [6, 6.07) is 6.19. The lowest BCUT2D eigenvalue weighted by Gasteiger charge is -2.10. The molecule has 0 aromatic heterocycles. The van der Waals surface area contributed by atoms with Gasteiger partial charge >= 0.3 is 15.2 Å². The molecule has 0 fully saturated rings. The van der Waals surface area contributed by atoms with Crippen molar-refractivity contribution in [3.8, 4) is 0 Å². The Bertz CT molecular complexity index is 519. The van der Waals surface area contributed by atoms with E-state index in [1.165, 1.54) is 12.1 Å². The van der Waals surface area contributed by atoms with Crippen molar-refractivity contribution in [1.82, 2.24) is 0 Å². The number of hydrogen-bond acceptors (Lipinski definition) is 2. The topological polar surface area (TPSA) is 115 Å². The second kappa shape index (κ2) is 5.16. The van der Waals surface area contributed by atoms with Crippen LogP contribution in [0.3, 0.4) is 0 Å². The fraction of sp³-hybridized carbons (Fsp3) is 0. The van der Waals surface area contributed by atoms with Gasteiger partial charge < -0.3 is 19.6 Å². The lowest BCUT2D eigenvalue weighted by Crippen LogP contribution is -1.89. The largest absolute Gasteiger partial charge is 0.364 e. The summed E-state index contributed by atoms with van der Waals surface area (Å²) in [4.78, 5) is 35.5. The Kier molecular flexibility index (Phi) is 4.49. The number of halogens is 1. The first-order chi connectivity index (χ1) is 7.60. The second-order valence-corrected chi connectivity index (χ2v) is 7.55. The molecule has 0 spiro atoms. The molecule has 9 heteroatoms. The molecule has 6 nitrogen and oxygen atoms in total. The van der Waals surface area contributed by atoms with Gasteiger partial charge in [0, 0.05) is 4.47 Å². The van der Waals surface area contributed by atoms with Crippen LogP contribution < -0.4 is 0 Å². The molecule has 17 heavy (non-hydrogen) atoms. The lowest BCUT2D eigenvalue weighted by atomic mass is 10.2. The molecule has 94 valence electrons. The summed E-state index contributed by atoms with van der Waals surface area (Å²) in [5.41, 5.74) is 0.279. The molecule has 0 amide bonds. The summed E-state index contributed by atoms with van der Waals surface area (Å²) in [7, 11) is -9.99. The van der Waals surface area contributed by atoms with Crippen molar-refractivity contribution in [2.75, 3.05) is 0 Å². The van der Waals surface area contributed by atoms with Crippen LogP contribution in [-0.2, 0) is 9.13 Å². The number of rotatable bonds is 3. The fourth-order valence-corrected chi connectivity index (χ4v) is 3.49. The summed E-state index contributed by atoms with van der Waals surface area (Å²) < 4.78 is 22.6. The van der Waals surface area contributed by atoms with Gasteiger partial charge in [0.25, 0.3) is 0 Å². The first-order valence-electron chi connectivity index (χ1n) is 4.20. The van der Waals surface area contributed by atoms with E-state index in [0.717, 1.165) is 6.08 Å². The monoisotopic (exact) mass is 342 g/mol. The van der Waals surface area contributed by atoms with Crippen LogP contribution in [0.25, 0.3) is 6.08 Å². The van der Waals surface area contributed by atoms with Gasteiger partial charge in [-0.05, 0) is 23.8 Å². The summed E-state index contributed by atoms with van der Waals surface area (Å²) >= 11 is 3.14. The van der Waals surface area contributed by atoms with Gasteiger partial charge in [0.05, 0.1) is 0 Å². The average molecular weight is 343 g/mol. The number of benzene rings is 1. The van der Waals surface area contributed by atoms with Crippen LogP contribution in [0, 0.1) is 0 Å². The van der Waals surface area contributed by atoms with E-state index in [9.17, 15) is 9.13 Å². The zero-order chi connectivity index (χ0) is 13.3. The average Bonchev–Trinajstić information content (AvgIpc) is 2.10. The fourth-order valence-electron chi connectivity index (χ4n) is 1.08. The number of hydrogen-bond donors (Lipinski definition) is 4. The molecule has 0 aliphatic rings. The van der Waals surface area contributed by atoms with Crippen LogP contribution in [0.2, 0.25) is 0 Å². The minimum atomic E-state index is -5.00. The molecule has 1 rings (SSSR count). The van der Waals surface area contributed by atoms with Crippen LogP contribution >= 0.6 is 31.1 Å². The van der Waals surface area contributed by atoms with Crippen molar-refractivity contribution in [1.29, 1.82) is 0 Å². The second-order valence-electron chi connectivity index (χ2n) is 3.15. The predicted molar refractivity (Wildman–Crippen MR) is 66.2 cm³/mol. The highest BCUT2D eigenvalue weighted by molar-refractivity contribution is 9.10. The van der Waals surface area contributed by atoms with Gasteiger partial charge in [-0.1, -0.05) is 28.1 Å². The van der Waals surface area contributed by atoms with E-state index in [4.69, 9.17) is 19.6 Å². The van der Waals surface area contributed by atoms with Crippen LogP contribution in [0.5, 0.6) is 0 Å². The van der Waals surface area contributed by atoms with Gasteiger partial charge in [-0.3, -0.25) is 9.13 Å². The van der Waals surface area contributed by atoms with Gasteiger partial charge in [-0.2, -0.15) is 0 Å². The van der Waals surface area contributed by atoms with Crippen LogP contribution in [0.4, 0.5) is 0 Å². The standard InChI is InChI=1S/C8H9BrO6P2/c9-7-3-1-2-6(4-7)5-8(16(10,11)12)17(13,14)15/h1-5H,(H2,10,11,12)(H2,13,14,15). The highest BCUT2D eigenvalue weighted by atomic mass is 79.9. The van der Waals surface area contributed by atoms with Gasteiger partial charge in [0.15, 0.2) is 5.06 Å². The molecule has 0 bridgehead atoms. The lowest BCUT2D eigenvalue weighted by molar-refractivity contribution is 0.368. The summed E-state index contributed by atoms with van der Waals surface area (Å²) in [5.74, 6) is 0. The quantitative estimate of drug-likeness (QED) is 0.625. The maximum Gasteiger partial charge on any atom is 0.364 e. The highest BCUT2D eigenvalue weighted by Gasteiger charge is 2.35. The van der Waals surface area contributed by atoms with E-state index < -0.39 is 20.2 Å². The van der Waals surface area contributed by atoms with Crippen LogP contribution in [0.15, 0.2) is 33.8 Å². The van der Waals surface area contributed by atoms with E-state index in [-0.39, 0.29) is 5.56 Å². The molecular formula is C8H9BrO6P2. The molecule has 0 atom stereocenters. The van der Waals surface area contributed by atoms with E-state index >= 15 is 0 Å². The van der Waals surface area contributed by atoms with E-state index in [0.29, 0.717) is 4.47 Å². The summed E-state index contributed by atoms with van der Waals surface area (Å²) in [6.07, 6.45) is 0.798. The van der Waals surface area contributed by atoms with Gasteiger partial charge in [-0.15, -0.1) is 0 Å².